The predicted molar refractivity (Wildman–Crippen MR) is 96.8 cm³/mol. The van der Waals surface area contributed by atoms with Crippen LogP contribution in [0.5, 0.6) is 0 Å². The van der Waals surface area contributed by atoms with Crippen LogP contribution in [-0.4, -0.2) is 37.2 Å². The van der Waals surface area contributed by atoms with Gasteiger partial charge < -0.3 is 4.90 Å². The second kappa shape index (κ2) is 6.91. The Labute approximate surface area is 154 Å². The van der Waals surface area contributed by atoms with Gasteiger partial charge in [0.2, 0.25) is 0 Å². The third-order valence-electron chi connectivity index (χ3n) is 4.44. The maximum atomic E-state index is 12.7. The number of carbonyl (C=O) groups is 1. The van der Waals surface area contributed by atoms with Crippen LogP contribution in [0.15, 0.2) is 54.9 Å². The molecule has 27 heavy (non-hydrogen) atoms. The first-order chi connectivity index (χ1) is 13.1. The quantitative estimate of drug-likeness (QED) is 0.525. The molecule has 134 valence electrons. The average molecular weight is 361 g/mol. The number of non-ortho nitro benzene ring substituents is 1. The molecule has 0 atom stereocenters. The van der Waals surface area contributed by atoms with E-state index < -0.39 is 4.92 Å². The molecule has 3 heterocycles. The van der Waals surface area contributed by atoms with Crippen molar-refractivity contribution in [3.63, 3.8) is 0 Å². The third kappa shape index (κ3) is 3.37. The number of nitro groups is 1. The zero-order valence-electron chi connectivity index (χ0n) is 14.3. The molecule has 0 spiro atoms. The monoisotopic (exact) mass is 361 g/mol. The molecule has 0 radical (unpaired) electrons. The fourth-order valence-electron chi connectivity index (χ4n) is 3.02. The minimum Gasteiger partial charge on any atom is -0.334 e. The first-order valence-corrected chi connectivity index (χ1v) is 8.42. The number of benzene rings is 1. The molecule has 1 aliphatic heterocycles. The van der Waals surface area contributed by atoms with Gasteiger partial charge in [0.15, 0.2) is 5.82 Å². The molecule has 0 saturated heterocycles. The average Bonchev–Trinajstić information content (AvgIpc) is 2.73. The minimum atomic E-state index is -0.484. The van der Waals surface area contributed by atoms with Gasteiger partial charge in [-0.15, -0.1) is 0 Å². The molecule has 8 nitrogen and oxygen atoms in total. The molecule has 8 heteroatoms. The lowest BCUT2D eigenvalue weighted by Gasteiger charge is -2.28. The normalized spacial score (nSPS) is 13.1. The number of carbonyl (C=O) groups excluding carboxylic acids is 1. The second-order valence-electron chi connectivity index (χ2n) is 6.16. The number of amides is 1. The van der Waals surface area contributed by atoms with Crippen molar-refractivity contribution in [2.75, 3.05) is 6.54 Å². The zero-order chi connectivity index (χ0) is 18.8. The summed E-state index contributed by atoms with van der Waals surface area (Å²) >= 11 is 0. The predicted octanol–water partition coefficient (Wildman–Crippen LogP) is 2.65. The number of hydrogen-bond acceptors (Lipinski definition) is 6. The molecule has 1 aromatic carbocycles. The van der Waals surface area contributed by atoms with Crippen LogP contribution in [0.1, 0.15) is 21.6 Å². The van der Waals surface area contributed by atoms with Crippen molar-refractivity contribution in [1.82, 2.24) is 19.9 Å². The molecule has 0 bridgehead atoms. The fraction of sp³-hybridized carbons (Fsp3) is 0.158. The number of aromatic nitrogens is 3. The van der Waals surface area contributed by atoms with E-state index in [0.717, 1.165) is 11.3 Å². The number of hydrogen-bond donors (Lipinski definition) is 0. The van der Waals surface area contributed by atoms with Crippen molar-refractivity contribution in [3.8, 4) is 11.5 Å². The molecule has 2 aromatic heterocycles. The lowest BCUT2D eigenvalue weighted by atomic mass is 10.1. The van der Waals surface area contributed by atoms with E-state index >= 15 is 0 Å². The summed E-state index contributed by atoms with van der Waals surface area (Å²) < 4.78 is 0. The molecule has 0 fully saturated rings. The largest absolute Gasteiger partial charge is 0.334 e. The van der Waals surface area contributed by atoms with Crippen LogP contribution >= 0.6 is 0 Å². The first kappa shape index (κ1) is 16.8. The van der Waals surface area contributed by atoms with Crippen LogP contribution < -0.4 is 0 Å². The van der Waals surface area contributed by atoms with Crippen LogP contribution in [0, 0.1) is 10.1 Å². The summed E-state index contributed by atoms with van der Waals surface area (Å²) in [5, 5.41) is 10.7. The van der Waals surface area contributed by atoms with Crippen LogP contribution in [0.25, 0.3) is 11.5 Å². The molecule has 1 amide bonds. The summed E-state index contributed by atoms with van der Waals surface area (Å²) in [6, 6.07) is 11.2. The standard InChI is InChI=1S/C19H15N5O3/c25-19(13-4-6-15(7-5-13)24(26)27)23-10-8-16-14(12-23)11-21-18(22-16)17-3-1-2-9-20-17/h1-7,9,11H,8,10,12H2. The van der Waals surface area contributed by atoms with Crippen LogP contribution in [0.4, 0.5) is 5.69 Å². The Hall–Kier alpha value is -3.68. The molecule has 1 aliphatic rings. The van der Waals surface area contributed by atoms with E-state index in [0.29, 0.717) is 36.6 Å². The summed E-state index contributed by atoms with van der Waals surface area (Å²) in [7, 11) is 0. The van der Waals surface area contributed by atoms with Crippen molar-refractivity contribution in [2.45, 2.75) is 13.0 Å². The van der Waals surface area contributed by atoms with Crippen molar-refractivity contribution in [1.29, 1.82) is 0 Å². The lowest BCUT2D eigenvalue weighted by molar-refractivity contribution is -0.384. The Balaban J connectivity index is 1.53. The van der Waals surface area contributed by atoms with Gasteiger partial charge in [-0.25, -0.2) is 9.97 Å². The summed E-state index contributed by atoms with van der Waals surface area (Å²) in [5.74, 6) is 0.411. The first-order valence-electron chi connectivity index (χ1n) is 8.42. The lowest BCUT2D eigenvalue weighted by Crippen LogP contribution is -2.36. The number of rotatable bonds is 3. The zero-order valence-corrected chi connectivity index (χ0v) is 14.3. The number of nitro benzene ring substituents is 1. The highest BCUT2D eigenvalue weighted by atomic mass is 16.6. The van der Waals surface area contributed by atoms with E-state index in [1.54, 1.807) is 17.3 Å². The second-order valence-corrected chi connectivity index (χ2v) is 6.16. The molecule has 3 aromatic rings. The number of nitrogens with zero attached hydrogens (tertiary/aromatic N) is 5. The Kier molecular flexibility index (Phi) is 4.29. The Bertz CT molecular complexity index is 1010. The van der Waals surface area contributed by atoms with E-state index in [4.69, 9.17) is 0 Å². The number of pyridine rings is 1. The fourth-order valence-corrected chi connectivity index (χ4v) is 3.02. The van der Waals surface area contributed by atoms with Gasteiger partial charge in [-0.2, -0.15) is 0 Å². The van der Waals surface area contributed by atoms with E-state index in [9.17, 15) is 14.9 Å². The van der Waals surface area contributed by atoms with Crippen molar-refractivity contribution >= 4 is 11.6 Å². The van der Waals surface area contributed by atoms with Gasteiger partial charge in [0.1, 0.15) is 5.69 Å². The SMILES string of the molecule is O=C(c1ccc([N+](=O)[O-])cc1)N1CCc2nc(-c3ccccn3)ncc2C1. The van der Waals surface area contributed by atoms with Gasteiger partial charge in [0.25, 0.3) is 11.6 Å². The van der Waals surface area contributed by atoms with E-state index in [-0.39, 0.29) is 11.6 Å². The minimum absolute atomic E-state index is 0.0361. The van der Waals surface area contributed by atoms with Crippen molar-refractivity contribution in [3.05, 3.63) is 81.8 Å². The summed E-state index contributed by atoms with van der Waals surface area (Å²) in [6.45, 7) is 0.940. The smallest absolute Gasteiger partial charge is 0.269 e. The molecule has 0 unspecified atom stereocenters. The van der Waals surface area contributed by atoms with Crippen molar-refractivity contribution in [2.24, 2.45) is 0 Å². The summed E-state index contributed by atoms with van der Waals surface area (Å²) in [5.41, 5.74) is 2.92. The Morgan fingerprint density at radius 1 is 1.11 bits per heavy atom. The van der Waals surface area contributed by atoms with Gasteiger partial charge in [-0.05, 0) is 24.3 Å². The molecule has 0 N–H and O–H groups in total. The molecule has 0 saturated carbocycles. The van der Waals surface area contributed by atoms with E-state index in [1.165, 1.54) is 24.3 Å². The van der Waals surface area contributed by atoms with Gasteiger partial charge >= 0.3 is 0 Å². The Morgan fingerprint density at radius 2 is 1.93 bits per heavy atom. The molecule has 0 aliphatic carbocycles. The van der Waals surface area contributed by atoms with Crippen LogP contribution in [0.3, 0.4) is 0 Å². The highest BCUT2D eigenvalue weighted by Gasteiger charge is 2.24. The van der Waals surface area contributed by atoms with Gasteiger partial charge in [0, 0.05) is 55.2 Å². The van der Waals surface area contributed by atoms with Gasteiger partial charge in [0.05, 0.1) is 10.6 Å². The van der Waals surface area contributed by atoms with E-state index in [1.807, 2.05) is 18.2 Å². The highest BCUT2D eigenvalue weighted by Crippen LogP contribution is 2.22. The summed E-state index contributed by atoms with van der Waals surface area (Å²) in [6.07, 6.45) is 4.06. The molecular formula is C19H15N5O3. The molecular weight excluding hydrogens is 346 g/mol. The van der Waals surface area contributed by atoms with E-state index in [2.05, 4.69) is 15.0 Å². The third-order valence-corrected chi connectivity index (χ3v) is 4.44. The van der Waals surface area contributed by atoms with Gasteiger partial charge in [-0.1, -0.05) is 6.07 Å². The highest BCUT2D eigenvalue weighted by molar-refractivity contribution is 5.94. The van der Waals surface area contributed by atoms with Crippen molar-refractivity contribution < 1.29 is 9.72 Å². The molecule has 4 rings (SSSR count). The Morgan fingerprint density at radius 3 is 2.63 bits per heavy atom. The van der Waals surface area contributed by atoms with Crippen LogP contribution in [0.2, 0.25) is 0 Å². The van der Waals surface area contributed by atoms with Gasteiger partial charge in [-0.3, -0.25) is 19.9 Å². The summed E-state index contributed by atoms with van der Waals surface area (Å²) in [4.78, 5) is 37.9. The number of fused-ring (bicyclic) bond motifs is 1. The maximum Gasteiger partial charge on any atom is 0.269 e. The van der Waals surface area contributed by atoms with Crippen LogP contribution in [-0.2, 0) is 13.0 Å². The maximum absolute atomic E-state index is 12.7. The topological polar surface area (TPSA) is 102 Å².